The molecule has 0 aliphatic carbocycles. The molecule has 0 saturated carbocycles. The van der Waals surface area contributed by atoms with Crippen LogP contribution < -0.4 is 65.1 Å². The zero-order valence-electron chi connectivity index (χ0n) is 54.1. The first kappa shape index (κ1) is 71.8. The van der Waals surface area contributed by atoms with Crippen molar-refractivity contribution in [2.75, 3.05) is 13.1 Å². The number of nitrogens with zero attached hydrogens (tertiary/aromatic N) is 1. The monoisotopic (exact) mass is 1300 g/mol. The van der Waals surface area contributed by atoms with E-state index in [1.54, 1.807) is 105 Å². The number of primary amides is 2. The number of H-pyrrole nitrogens is 2. The number of carbonyl (C=O) groups excluding carboxylic acids is 12. The van der Waals surface area contributed by atoms with Gasteiger partial charge in [-0.3, -0.25) is 57.5 Å². The number of hydrogen-bond donors (Lipinski definition) is 14. The standard InChI is InChI=1S/C67H91N15O12/c1-36(2)28-48-61(88)80-53(30-39-16-8-7-9-17-39)67(94)82-27-15-23-54(82)65(92)79-49(29-37(3)4)60(87)77-50(31-40-34-71-44-20-12-10-18-42(40)44)62(89)78-52(33-56(70)84)63(90)73-47(24-25-55(69)83)59(86)76-51(32-41-35-72-45-21-13-11-19-43(41)45)64(91)81-57(38(5)6)66(93)74-46(22-14-26-68)58(85)75-48/h7-13,16-21,34-38,46-54,57,71-72H,14-15,22-33,68H2,1-6H3,(H2,69,83)(H2,70,84)(H,73,90)(H,74,93)(H,75,85)(H,76,86)(H,77,87)(H,78,89)(H,79,92)(H,80,88)(H,81,91)/t46-,47+,48+,49+,50-,51?,52+,53-,54+,57+/m1/s1. The van der Waals surface area contributed by atoms with E-state index >= 15 is 4.79 Å². The number of hydrogen-bond acceptors (Lipinski definition) is 13. The van der Waals surface area contributed by atoms with Crippen LogP contribution in [-0.4, -0.2) is 159 Å². The molecule has 17 N–H and O–H groups in total. The van der Waals surface area contributed by atoms with E-state index < -0.39 is 156 Å². The number of carbonyl (C=O) groups is 12. The minimum absolute atomic E-state index is 0.0106. The van der Waals surface area contributed by atoms with Crippen molar-refractivity contribution in [1.29, 1.82) is 0 Å². The van der Waals surface area contributed by atoms with Gasteiger partial charge in [0.15, 0.2) is 0 Å². The van der Waals surface area contributed by atoms with Crippen LogP contribution in [-0.2, 0) is 76.8 Å². The second-order valence-electron chi connectivity index (χ2n) is 25.6. The maximum atomic E-state index is 15.1. The number of benzene rings is 3. The van der Waals surface area contributed by atoms with Crippen LogP contribution in [0.5, 0.6) is 0 Å². The molecular weight excluding hydrogens is 1210 g/mol. The van der Waals surface area contributed by atoms with Gasteiger partial charge in [0.25, 0.3) is 0 Å². The molecule has 12 amide bonds. The summed E-state index contributed by atoms with van der Waals surface area (Å²) < 4.78 is 0. The first-order valence-electron chi connectivity index (χ1n) is 32.2. The predicted molar refractivity (Wildman–Crippen MR) is 351 cm³/mol. The third kappa shape index (κ3) is 19.9. The van der Waals surface area contributed by atoms with Gasteiger partial charge < -0.3 is 79.9 Å². The van der Waals surface area contributed by atoms with Gasteiger partial charge in [0.05, 0.1) is 6.42 Å². The maximum Gasteiger partial charge on any atom is 0.246 e. The number of amides is 12. The van der Waals surface area contributed by atoms with Crippen molar-refractivity contribution in [3.05, 3.63) is 108 Å². The van der Waals surface area contributed by atoms with Gasteiger partial charge >= 0.3 is 0 Å². The predicted octanol–water partition coefficient (Wildman–Crippen LogP) is 0.673. The minimum Gasteiger partial charge on any atom is -0.370 e. The van der Waals surface area contributed by atoms with E-state index in [0.29, 0.717) is 44.9 Å². The van der Waals surface area contributed by atoms with Crippen LogP contribution in [0.25, 0.3) is 21.8 Å². The molecule has 5 aromatic rings. The molecule has 3 aromatic carbocycles. The van der Waals surface area contributed by atoms with Crippen LogP contribution in [0.15, 0.2) is 91.3 Å². The van der Waals surface area contributed by atoms with Crippen LogP contribution in [0.4, 0.5) is 0 Å². The van der Waals surface area contributed by atoms with Crippen molar-refractivity contribution < 1.29 is 57.5 Å². The molecule has 0 bridgehead atoms. The smallest absolute Gasteiger partial charge is 0.246 e. The Morgan fingerprint density at radius 2 is 0.915 bits per heavy atom. The van der Waals surface area contributed by atoms with Gasteiger partial charge in [0, 0.05) is 66.4 Å². The number of fused-ring (bicyclic) bond motifs is 3. The van der Waals surface area contributed by atoms with E-state index in [4.69, 9.17) is 17.2 Å². The molecule has 7 rings (SSSR count). The van der Waals surface area contributed by atoms with Crippen molar-refractivity contribution in [1.82, 2.24) is 62.7 Å². The first-order valence-corrected chi connectivity index (χ1v) is 32.2. The van der Waals surface area contributed by atoms with E-state index in [2.05, 4.69) is 57.8 Å². The van der Waals surface area contributed by atoms with Gasteiger partial charge in [0.2, 0.25) is 70.9 Å². The number of para-hydroxylation sites is 2. The Balaban J connectivity index is 1.32. The average Bonchev–Trinajstić information content (AvgIpc) is 1.64. The van der Waals surface area contributed by atoms with Crippen molar-refractivity contribution >= 4 is 92.7 Å². The van der Waals surface area contributed by atoms with E-state index in [0.717, 1.165) is 0 Å². The molecule has 27 heteroatoms. The van der Waals surface area contributed by atoms with Gasteiger partial charge in [-0.2, -0.15) is 0 Å². The minimum atomic E-state index is -1.84. The molecule has 2 aromatic heterocycles. The molecule has 2 fully saturated rings. The van der Waals surface area contributed by atoms with Gasteiger partial charge in [-0.05, 0) is 98.1 Å². The largest absolute Gasteiger partial charge is 0.370 e. The fourth-order valence-electron chi connectivity index (χ4n) is 11.9. The lowest BCUT2D eigenvalue weighted by atomic mass is 9.98. The summed E-state index contributed by atoms with van der Waals surface area (Å²) in [5, 5.41) is 26.0. The Morgan fingerprint density at radius 3 is 1.44 bits per heavy atom. The summed E-state index contributed by atoms with van der Waals surface area (Å²) in [5.41, 5.74) is 20.4. The molecule has 10 atom stereocenters. The topological polar surface area (TPSA) is 426 Å². The van der Waals surface area contributed by atoms with Crippen molar-refractivity contribution in [2.45, 2.75) is 179 Å². The van der Waals surface area contributed by atoms with Crippen LogP contribution >= 0.6 is 0 Å². The molecule has 1 unspecified atom stereocenters. The fraction of sp³-hybridized carbons (Fsp3) is 0.493. The molecule has 2 aliphatic heterocycles. The van der Waals surface area contributed by atoms with E-state index in [1.165, 1.54) is 4.90 Å². The molecule has 0 radical (unpaired) electrons. The highest BCUT2D eigenvalue weighted by Gasteiger charge is 2.42. The summed E-state index contributed by atoms with van der Waals surface area (Å²) in [6, 6.07) is 8.85. The van der Waals surface area contributed by atoms with Crippen LogP contribution in [0.1, 0.15) is 116 Å². The van der Waals surface area contributed by atoms with Crippen LogP contribution in [0.3, 0.4) is 0 Å². The lowest BCUT2D eigenvalue weighted by Gasteiger charge is -2.32. The Kier molecular flexibility index (Phi) is 25.8. The molecule has 0 spiro atoms. The highest BCUT2D eigenvalue weighted by atomic mass is 16.2. The van der Waals surface area contributed by atoms with E-state index in [-0.39, 0.29) is 76.3 Å². The Hall–Kier alpha value is -9.66. The highest BCUT2D eigenvalue weighted by molar-refractivity contribution is 6.01. The number of rotatable bonds is 19. The Bertz CT molecular complexity index is 3530. The summed E-state index contributed by atoms with van der Waals surface area (Å²) in [6.45, 7) is 10.8. The SMILES string of the molecule is CC(C)C[C@@H]1NC(=O)[C@@H](CCCN)NC(=O)[C@H](C(C)C)NC(=O)C(Cc2c[nH]c3ccccc23)NC(=O)[C@H](CCC(N)=O)NC(=O)[C@H](CC(N)=O)NC(=O)[C@@H](Cc2c[nH]c3ccccc23)NC(=O)[C@H](CC(C)C)NC(=O)[C@@H]2CCCN2C(=O)[C@@H](Cc2ccccc2)NC1=O. The summed E-state index contributed by atoms with van der Waals surface area (Å²) in [5.74, 6) is -11.5. The molecular formula is C67H91N15O12. The quantitative estimate of drug-likeness (QED) is 0.0542. The molecule has 94 heavy (non-hydrogen) atoms. The van der Waals surface area contributed by atoms with Gasteiger partial charge in [0.1, 0.15) is 60.4 Å². The molecule has 27 nitrogen and oxygen atoms in total. The molecule has 2 aliphatic rings. The zero-order chi connectivity index (χ0) is 68.3. The zero-order valence-corrected chi connectivity index (χ0v) is 54.1. The second-order valence-corrected chi connectivity index (χ2v) is 25.6. The third-order valence-electron chi connectivity index (χ3n) is 16.8. The van der Waals surface area contributed by atoms with Crippen molar-refractivity contribution in [2.24, 2.45) is 35.0 Å². The summed E-state index contributed by atoms with van der Waals surface area (Å²) in [4.78, 5) is 181. The number of aromatic nitrogens is 2. The van der Waals surface area contributed by atoms with Crippen molar-refractivity contribution in [3.63, 3.8) is 0 Å². The lowest BCUT2D eigenvalue weighted by Crippen LogP contribution is -2.62. The summed E-state index contributed by atoms with van der Waals surface area (Å²) >= 11 is 0. The highest BCUT2D eigenvalue weighted by Crippen LogP contribution is 2.24. The van der Waals surface area contributed by atoms with Gasteiger partial charge in [-0.1, -0.05) is 108 Å². The van der Waals surface area contributed by atoms with Gasteiger partial charge in [-0.15, -0.1) is 0 Å². The Morgan fingerprint density at radius 1 is 0.479 bits per heavy atom. The van der Waals surface area contributed by atoms with Crippen LogP contribution in [0, 0.1) is 17.8 Å². The normalized spacial score (nSPS) is 24.0. The molecule has 4 heterocycles. The number of nitrogens with two attached hydrogens (primary N) is 3. The second kappa shape index (κ2) is 33.8. The van der Waals surface area contributed by atoms with Gasteiger partial charge in [-0.25, -0.2) is 0 Å². The van der Waals surface area contributed by atoms with E-state index in [1.807, 2.05) is 27.7 Å². The van der Waals surface area contributed by atoms with Crippen molar-refractivity contribution in [3.8, 4) is 0 Å². The summed E-state index contributed by atoms with van der Waals surface area (Å²) in [7, 11) is 0. The Labute approximate surface area is 545 Å². The molecule has 2 saturated heterocycles. The maximum absolute atomic E-state index is 15.1. The fourth-order valence-corrected chi connectivity index (χ4v) is 11.9. The first-order chi connectivity index (χ1) is 44.8. The third-order valence-corrected chi connectivity index (χ3v) is 16.8. The van der Waals surface area contributed by atoms with E-state index in [9.17, 15) is 52.7 Å². The number of nitrogens with one attached hydrogen (secondary N) is 11. The lowest BCUT2D eigenvalue weighted by molar-refractivity contribution is -0.142. The number of aromatic amines is 2. The summed E-state index contributed by atoms with van der Waals surface area (Å²) in [6.07, 6.45) is 1.90. The van der Waals surface area contributed by atoms with Crippen LogP contribution in [0.2, 0.25) is 0 Å². The average molecular weight is 1300 g/mol. The molecule has 506 valence electrons.